The van der Waals surface area contributed by atoms with E-state index < -0.39 is 0 Å². The van der Waals surface area contributed by atoms with Crippen LogP contribution in [0, 0.1) is 11.3 Å². The maximum atomic E-state index is 12.4. The number of nitrogens with zero attached hydrogens (tertiary/aromatic N) is 2. The first-order chi connectivity index (χ1) is 11.7. The van der Waals surface area contributed by atoms with E-state index in [1.165, 1.54) is 0 Å². The van der Waals surface area contributed by atoms with Gasteiger partial charge in [-0.1, -0.05) is 24.3 Å². The number of hydrogen-bond donors (Lipinski definition) is 1. The Hall–Kier alpha value is -3.00. The van der Waals surface area contributed by atoms with E-state index in [1.54, 1.807) is 36.3 Å². The molecule has 1 N–H and O–H groups in total. The van der Waals surface area contributed by atoms with Crippen molar-refractivity contribution in [1.29, 1.82) is 5.26 Å². The zero-order valence-electron chi connectivity index (χ0n) is 13.5. The number of rotatable bonds is 3. The van der Waals surface area contributed by atoms with Crippen molar-refractivity contribution >= 4 is 11.7 Å². The molecule has 24 heavy (non-hydrogen) atoms. The molecule has 1 aliphatic rings. The minimum atomic E-state index is -0.137. The van der Waals surface area contributed by atoms with Gasteiger partial charge in [0, 0.05) is 24.7 Å². The minimum absolute atomic E-state index is 0.137. The van der Waals surface area contributed by atoms with Gasteiger partial charge in [0.2, 0.25) is 0 Å². The average molecular weight is 321 g/mol. The van der Waals surface area contributed by atoms with Crippen molar-refractivity contribution in [1.82, 2.24) is 4.90 Å². The van der Waals surface area contributed by atoms with Crippen LogP contribution in [-0.4, -0.2) is 31.1 Å². The number of hydrogen-bond acceptors (Lipinski definition) is 3. The van der Waals surface area contributed by atoms with Crippen LogP contribution in [0.15, 0.2) is 48.5 Å². The Balaban J connectivity index is 1.67. The molecule has 1 heterocycles. The Labute approximate surface area is 141 Å². The molecule has 2 amide bonds. The Morgan fingerprint density at radius 1 is 1.29 bits per heavy atom. The number of para-hydroxylation sites is 1. The summed E-state index contributed by atoms with van der Waals surface area (Å²) < 4.78 is 5.42. The predicted molar refractivity (Wildman–Crippen MR) is 92.1 cm³/mol. The zero-order valence-corrected chi connectivity index (χ0v) is 13.5. The number of likely N-dealkylation sites (tertiary alicyclic amines) is 1. The maximum Gasteiger partial charge on any atom is 0.321 e. The SMILES string of the molecule is COc1ccccc1C1CCN(C(=O)Nc2cccc(C#N)c2)C1. The van der Waals surface area contributed by atoms with E-state index in [1.807, 2.05) is 18.2 Å². The molecule has 1 saturated heterocycles. The van der Waals surface area contributed by atoms with Crippen LogP contribution in [0.4, 0.5) is 10.5 Å². The molecule has 1 fully saturated rings. The molecule has 1 atom stereocenters. The summed E-state index contributed by atoms with van der Waals surface area (Å²) in [5.74, 6) is 1.14. The molecule has 3 rings (SSSR count). The van der Waals surface area contributed by atoms with Crippen molar-refractivity contribution < 1.29 is 9.53 Å². The second-order valence-electron chi connectivity index (χ2n) is 5.80. The first-order valence-corrected chi connectivity index (χ1v) is 7.90. The van der Waals surface area contributed by atoms with Gasteiger partial charge in [-0.3, -0.25) is 0 Å². The van der Waals surface area contributed by atoms with Gasteiger partial charge >= 0.3 is 6.03 Å². The van der Waals surface area contributed by atoms with Crippen LogP contribution in [0.2, 0.25) is 0 Å². The smallest absolute Gasteiger partial charge is 0.321 e. The Morgan fingerprint density at radius 3 is 2.92 bits per heavy atom. The van der Waals surface area contributed by atoms with E-state index in [0.717, 1.165) is 17.7 Å². The molecule has 1 aliphatic heterocycles. The summed E-state index contributed by atoms with van der Waals surface area (Å²) in [6.07, 6.45) is 0.909. The molecule has 0 bridgehead atoms. The molecule has 2 aromatic carbocycles. The van der Waals surface area contributed by atoms with Crippen molar-refractivity contribution in [2.24, 2.45) is 0 Å². The summed E-state index contributed by atoms with van der Waals surface area (Å²) in [6, 6.07) is 16.8. The largest absolute Gasteiger partial charge is 0.496 e. The fourth-order valence-corrected chi connectivity index (χ4v) is 3.07. The van der Waals surface area contributed by atoms with E-state index in [2.05, 4.69) is 17.5 Å². The van der Waals surface area contributed by atoms with E-state index in [4.69, 9.17) is 10.00 Å². The second kappa shape index (κ2) is 7.05. The van der Waals surface area contributed by atoms with Gasteiger partial charge in [0.25, 0.3) is 0 Å². The fraction of sp³-hybridized carbons (Fsp3) is 0.263. The lowest BCUT2D eigenvalue weighted by Gasteiger charge is -2.18. The molecular weight excluding hydrogens is 302 g/mol. The van der Waals surface area contributed by atoms with Crippen LogP contribution < -0.4 is 10.1 Å². The van der Waals surface area contributed by atoms with Crippen LogP contribution in [-0.2, 0) is 0 Å². The lowest BCUT2D eigenvalue weighted by Crippen LogP contribution is -2.32. The number of urea groups is 1. The van der Waals surface area contributed by atoms with Gasteiger partial charge in [-0.15, -0.1) is 0 Å². The van der Waals surface area contributed by atoms with Crippen molar-refractivity contribution in [2.75, 3.05) is 25.5 Å². The highest BCUT2D eigenvalue weighted by molar-refractivity contribution is 5.89. The standard InChI is InChI=1S/C19H19N3O2/c1-24-18-8-3-2-7-17(18)15-9-10-22(13-15)19(23)21-16-6-4-5-14(11-16)12-20/h2-8,11,15H,9-10,13H2,1H3,(H,21,23). The van der Waals surface area contributed by atoms with Gasteiger partial charge < -0.3 is 15.0 Å². The number of anilines is 1. The second-order valence-corrected chi connectivity index (χ2v) is 5.80. The third-order valence-electron chi connectivity index (χ3n) is 4.30. The van der Waals surface area contributed by atoms with Crippen LogP contribution in [0.5, 0.6) is 5.75 Å². The molecule has 0 radical (unpaired) electrons. The quantitative estimate of drug-likeness (QED) is 0.939. The van der Waals surface area contributed by atoms with Crippen LogP contribution in [0.3, 0.4) is 0 Å². The molecule has 0 aliphatic carbocycles. The summed E-state index contributed by atoms with van der Waals surface area (Å²) in [5.41, 5.74) is 2.31. The van der Waals surface area contributed by atoms with Crippen molar-refractivity contribution in [3.8, 4) is 11.8 Å². The zero-order chi connectivity index (χ0) is 16.9. The molecule has 5 heteroatoms. The Morgan fingerprint density at radius 2 is 2.12 bits per heavy atom. The molecule has 0 saturated carbocycles. The van der Waals surface area contributed by atoms with Crippen LogP contribution in [0.1, 0.15) is 23.5 Å². The number of carbonyl (C=O) groups is 1. The van der Waals surface area contributed by atoms with E-state index in [-0.39, 0.29) is 11.9 Å². The number of nitriles is 1. The summed E-state index contributed by atoms with van der Waals surface area (Å²) in [5, 5.41) is 11.8. The third kappa shape index (κ3) is 3.33. The monoisotopic (exact) mass is 321 g/mol. The lowest BCUT2D eigenvalue weighted by atomic mass is 9.97. The van der Waals surface area contributed by atoms with Crippen LogP contribution >= 0.6 is 0 Å². The van der Waals surface area contributed by atoms with Crippen LogP contribution in [0.25, 0.3) is 0 Å². The van der Waals surface area contributed by atoms with Crippen molar-refractivity contribution in [3.63, 3.8) is 0 Å². The van der Waals surface area contributed by atoms with Gasteiger partial charge in [0.1, 0.15) is 5.75 Å². The normalized spacial score (nSPS) is 16.5. The lowest BCUT2D eigenvalue weighted by molar-refractivity contribution is 0.222. The Bertz CT molecular complexity index is 782. The fourth-order valence-electron chi connectivity index (χ4n) is 3.07. The van der Waals surface area contributed by atoms with Gasteiger partial charge in [0.15, 0.2) is 0 Å². The molecule has 0 aromatic heterocycles. The van der Waals surface area contributed by atoms with E-state index in [0.29, 0.717) is 24.3 Å². The maximum absolute atomic E-state index is 12.4. The number of ether oxygens (including phenoxy) is 1. The number of carbonyl (C=O) groups excluding carboxylic acids is 1. The highest BCUT2D eigenvalue weighted by Crippen LogP contribution is 2.33. The third-order valence-corrected chi connectivity index (χ3v) is 4.30. The highest BCUT2D eigenvalue weighted by atomic mass is 16.5. The highest BCUT2D eigenvalue weighted by Gasteiger charge is 2.29. The molecule has 2 aromatic rings. The number of methoxy groups -OCH3 is 1. The number of amides is 2. The predicted octanol–water partition coefficient (Wildman–Crippen LogP) is 3.59. The van der Waals surface area contributed by atoms with Crippen molar-refractivity contribution in [3.05, 3.63) is 59.7 Å². The van der Waals surface area contributed by atoms with Gasteiger partial charge in [-0.2, -0.15) is 5.26 Å². The number of nitrogens with one attached hydrogen (secondary N) is 1. The minimum Gasteiger partial charge on any atom is -0.496 e. The first-order valence-electron chi connectivity index (χ1n) is 7.90. The van der Waals surface area contributed by atoms with E-state index in [9.17, 15) is 4.79 Å². The van der Waals surface area contributed by atoms with E-state index >= 15 is 0 Å². The summed E-state index contributed by atoms with van der Waals surface area (Å²) >= 11 is 0. The van der Waals surface area contributed by atoms with Gasteiger partial charge in [0.05, 0.1) is 18.7 Å². The van der Waals surface area contributed by atoms with Crippen molar-refractivity contribution in [2.45, 2.75) is 12.3 Å². The first kappa shape index (κ1) is 15.9. The van der Waals surface area contributed by atoms with Gasteiger partial charge in [-0.05, 0) is 36.2 Å². The molecule has 0 spiro atoms. The molecule has 122 valence electrons. The molecule has 1 unspecified atom stereocenters. The Kier molecular flexibility index (Phi) is 4.66. The average Bonchev–Trinajstić information content (AvgIpc) is 3.12. The van der Waals surface area contributed by atoms with Gasteiger partial charge in [-0.25, -0.2) is 4.79 Å². The summed E-state index contributed by atoms with van der Waals surface area (Å²) in [6.45, 7) is 1.36. The topological polar surface area (TPSA) is 65.4 Å². The summed E-state index contributed by atoms with van der Waals surface area (Å²) in [7, 11) is 1.67. The molecular formula is C19H19N3O2. The molecule has 5 nitrogen and oxygen atoms in total. The summed E-state index contributed by atoms with van der Waals surface area (Å²) in [4.78, 5) is 14.2. The number of benzene rings is 2.